The van der Waals surface area contributed by atoms with Crippen molar-refractivity contribution in [2.24, 2.45) is 11.5 Å². The first-order valence-corrected chi connectivity index (χ1v) is 12.9. The Labute approximate surface area is 235 Å². The highest BCUT2D eigenvalue weighted by molar-refractivity contribution is 5.94. The second kappa shape index (κ2) is 13.9. The van der Waals surface area contributed by atoms with Crippen LogP contribution in [-0.2, 0) is 36.8 Å². The second-order valence-corrected chi connectivity index (χ2v) is 9.74. The Hall–Kier alpha value is -4.91. The maximum atomic E-state index is 13.2. The van der Waals surface area contributed by atoms with Gasteiger partial charge in [-0.3, -0.25) is 19.2 Å². The number of carboxylic acid groups (broad SMARTS) is 1. The molecule has 218 valence electrons. The molecule has 1 heterocycles. The summed E-state index contributed by atoms with van der Waals surface area (Å²) in [7, 11) is 0. The number of hydrogen-bond acceptors (Lipinski definition) is 7. The number of nitrogens with two attached hydrogens (primary N) is 2. The minimum Gasteiger partial charge on any atom is -0.508 e. The Bertz CT molecular complexity index is 1400. The van der Waals surface area contributed by atoms with Crippen LogP contribution in [-0.4, -0.2) is 69.0 Å². The Morgan fingerprint density at radius 1 is 0.878 bits per heavy atom. The monoisotopic (exact) mass is 566 g/mol. The highest BCUT2D eigenvalue weighted by atomic mass is 16.4. The predicted octanol–water partition coefficient (Wildman–Crippen LogP) is -0.190. The lowest BCUT2D eigenvalue weighted by atomic mass is 10.0. The van der Waals surface area contributed by atoms with Crippen molar-refractivity contribution in [3.63, 3.8) is 0 Å². The fourth-order valence-corrected chi connectivity index (χ4v) is 4.21. The highest BCUT2D eigenvalue weighted by Gasteiger charge is 2.30. The average molecular weight is 567 g/mol. The number of benzene rings is 2. The molecule has 0 bridgehead atoms. The number of para-hydroxylation sites is 1. The van der Waals surface area contributed by atoms with E-state index >= 15 is 0 Å². The molecule has 13 heteroatoms. The van der Waals surface area contributed by atoms with Crippen LogP contribution in [0.3, 0.4) is 0 Å². The van der Waals surface area contributed by atoms with E-state index in [-0.39, 0.29) is 31.4 Å². The van der Waals surface area contributed by atoms with Gasteiger partial charge in [0, 0.05) is 29.9 Å². The molecular weight excluding hydrogens is 532 g/mol. The molecule has 0 fully saturated rings. The number of primary amides is 1. The van der Waals surface area contributed by atoms with Gasteiger partial charge < -0.3 is 42.6 Å². The van der Waals surface area contributed by atoms with Crippen molar-refractivity contribution in [3.05, 3.63) is 65.9 Å². The Balaban J connectivity index is 1.72. The molecule has 10 N–H and O–H groups in total. The van der Waals surface area contributed by atoms with Gasteiger partial charge in [-0.1, -0.05) is 30.3 Å². The molecule has 0 aliphatic heterocycles. The zero-order valence-electron chi connectivity index (χ0n) is 22.4. The molecule has 4 atom stereocenters. The van der Waals surface area contributed by atoms with Gasteiger partial charge in [-0.25, -0.2) is 4.79 Å². The number of aromatic hydroxyl groups is 1. The fourth-order valence-electron chi connectivity index (χ4n) is 4.21. The standard InChI is InChI=1S/C28H34N6O7/c1-15(32-26(38)20(29)12-16-6-8-18(35)9-7-16)25(37)34-23(13-17-14-31-21-5-3-2-4-19(17)21)27(39)33-22(28(40)41)10-11-24(30)36/h2-9,14-15,20,22-23,31,35H,10-13,29H2,1H3,(H2,30,36)(H,32,38)(H,33,39)(H,34,37)(H,40,41). The normalized spacial score (nSPS) is 13.9. The van der Waals surface area contributed by atoms with Gasteiger partial charge in [-0.15, -0.1) is 0 Å². The molecule has 0 saturated heterocycles. The molecule has 2 aromatic carbocycles. The van der Waals surface area contributed by atoms with Gasteiger partial charge >= 0.3 is 5.97 Å². The van der Waals surface area contributed by atoms with E-state index in [9.17, 15) is 34.2 Å². The van der Waals surface area contributed by atoms with E-state index in [1.807, 2.05) is 24.3 Å². The van der Waals surface area contributed by atoms with Crippen molar-refractivity contribution >= 4 is 40.5 Å². The van der Waals surface area contributed by atoms with Crippen LogP contribution >= 0.6 is 0 Å². The van der Waals surface area contributed by atoms with E-state index in [1.54, 1.807) is 18.3 Å². The van der Waals surface area contributed by atoms with Crippen molar-refractivity contribution in [3.8, 4) is 5.75 Å². The molecule has 1 aromatic heterocycles. The number of aliphatic carboxylic acids is 1. The maximum Gasteiger partial charge on any atom is 0.326 e. The Kier molecular flexibility index (Phi) is 10.4. The Morgan fingerprint density at radius 3 is 2.20 bits per heavy atom. The molecule has 0 aliphatic rings. The summed E-state index contributed by atoms with van der Waals surface area (Å²) in [6, 6.07) is 8.82. The van der Waals surface area contributed by atoms with Crippen LogP contribution in [0.2, 0.25) is 0 Å². The van der Waals surface area contributed by atoms with Crippen molar-refractivity contribution in [1.82, 2.24) is 20.9 Å². The second-order valence-electron chi connectivity index (χ2n) is 9.74. The summed E-state index contributed by atoms with van der Waals surface area (Å²) in [5.41, 5.74) is 13.3. The number of amides is 4. The predicted molar refractivity (Wildman–Crippen MR) is 149 cm³/mol. The van der Waals surface area contributed by atoms with Gasteiger partial charge in [0.15, 0.2) is 0 Å². The van der Waals surface area contributed by atoms with E-state index in [4.69, 9.17) is 11.5 Å². The lowest BCUT2D eigenvalue weighted by molar-refractivity contribution is -0.142. The third kappa shape index (κ3) is 8.80. The lowest BCUT2D eigenvalue weighted by Gasteiger charge is -2.24. The van der Waals surface area contributed by atoms with Crippen LogP contribution in [0.25, 0.3) is 10.9 Å². The molecule has 13 nitrogen and oxygen atoms in total. The van der Waals surface area contributed by atoms with Gasteiger partial charge in [-0.2, -0.15) is 0 Å². The van der Waals surface area contributed by atoms with Crippen LogP contribution in [0.1, 0.15) is 30.9 Å². The summed E-state index contributed by atoms with van der Waals surface area (Å²) in [5.74, 6) is -4.09. The molecule has 3 rings (SSSR count). The summed E-state index contributed by atoms with van der Waals surface area (Å²) in [4.78, 5) is 64.9. The molecule has 0 radical (unpaired) electrons. The number of fused-ring (bicyclic) bond motifs is 1. The first-order valence-electron chi connectivity index (χ1n) is 12.9. The number of hydrogen-bond donors (Lipinski definition) is 8. The fraction of sp³-hybridized carbons (Fsp3) is 0.321. The number of aromatic amines is 1. The van der Waals surface area contributed by atoms with E-state index in [2.05, 4.69) is 20.9 Å². The van der Waals surface area contributed by atoms with Gasteiger partial charge in [0.1, 0.15) is 23.9 Å². The number of carbonyl (C=O) groups is 5. The third-order valence-corrected chi connectivity index (χ3v) is 6.51. The Morgan fingerprint density at radius 2 is 1.54 bits per heavy atom. The summed E-state index contributed by atoms with van der Waals surface area (Å²) in [5, 5.41) is 27.2. The minimum atomic E-state index is -1.41. The molecular formula is C28H34N6O7. The zero-order chi connectivity index (χ0) is 30.1. The van der Waals surface area contributed by atoms with Crippen LogP contribution in [0.5, 0.6) is 5.75 Å². The summed E-state index contributed by atoms with van der Waals surface area (Å²) >= 11 is 0. The van der Waals surface area contributed by atoms with Crippen LogP contribution in [0, 0.1) is 0 Å². The first-order chi connectivity index (χ1) is 19.4. The molecule has 41 heavy (non-hydrogen) atoms. The van der Waals surface area contributed by atoms with Gasteiger partial charge in [0.05, 0.1) is 6.04 Å². The zero-order valence-corrected chi connectivity index (χ0v) is 22.4. The number of H-pyrrole nitrogens is 1. The molecule has 0 aliphatic carbocycles. The molecule has 3 aromatic rings. The van der Waals surface area contributed by atoms with Gasteiger partial charge in [0.25, 0.3) is 0 Å². The van der Waals surface area contributed by atoms with Gasteiger partial charge in [-0.05, 0) is 49.1 Å². The lowest BCUT2D eigenvalue weighted by Crippen LogP contribution is -2.57. The van der Waals surface area contributed by atoms with E-state index in [1.165, 1.54) is 19.1 Å². The smallest absolute Gasteiger partial charge is 0.326 e. The number of carbonyl (C=O) groups excluding carboxylic acids is 4. The number of aromatic nitrogens is 1. The number of rotatable bonds is 14. The first kappa shape index (κ1) is 30.6. The quantitative estimate of drug-likeness (QED) is 0.130. The van der Waals surface area contributed by atoms with E-state index < -0.39 is 53.8 Å². The van der Waals surface area contributed by atoms with Crippen molar-refractivity contribution in [1.29, 1.82) is 0 Å². The van der Waals surface area contributed by atoms with Crippen LogP contribution < -0.4 is 27.4 Å². The minimum absolute atomic E-state index is 0.00474. The van der Waals surface area contributed by atoms with E-state index in [0.717, 1.165) is 10.9 Å². The topological polar surface area (TPSA) is 230 Å². The third-order valence-electron chi connectivity index (χ3n) is 6.51. The molecule has 0 saturated carbocycles. The van der Waals surface area contributed by atoms with Crippen molar-refractivity contribution in [2.75, 3.05) is 0 Å². The molecule has 4 unspecified atom stereocenters. The SMILES string of the molecule is CC(NC(=O)C(N)Cc1ccc(O)cc1)C(=O)NC(Cc1c[nH]c2ccccc12)C(=O)NC(CCC(N)=O)C(=O)O. The summed E-state index contributed by atoms with van der Waals surface area (Å²) < 4.78 is 0. The van der Waals surface area contributed by atoms with E-state index in [0.29, 0.717) is 11.1 Å². The van der Waals surface area contributed by atoms with Crippen LogP contribution in [0.4, 0.5) is 0 Å². The number of phenolic OH excluding ortho intramolecular Hbond substituents is 1. The van der Waals surface area contributed by atoms with Crippen molar-refractivity contribution < 1.29 is 34.2 Å². The number of nitrogens with one attached hydrogen (secondary N) is 4. The molecule has 4 amide bonds. The van der Waals surface area contributed by atoms with Crippen LogP contribution in [0.15, 0.2) is 54.7 Å². The number of phenols is 1. The largest absolute Gasteiger partial charge is 0.508 e. The maximum absolute atomic E-state index is 13.2. The molecule has 0 spiro atoms. The number of carboxylic acids is 1. The van der Waals surface area contributed by atoms with Gasteiger partial charge in [0.2, 0.25) is 23.6 Å². The summed E-state index contributed by atoms with van der Waals surface area (Å²) in [6.07, 6.45) is 1.37. The summed E-state index contributed by atoms with van der Waals surface area (Å²) in [6.45, 7) is 1.42. The van der Waals surface area contributed by atoms with Crippen molar-refractivity contribution in [2.45, 2.75) is 56.8 Å². The highest BCUT2D eigenvalue weighted by Crippen LogP contribution is 2.19. The average Bonchev–Trinajstić information content (AvgIpc) is 3.34.